The molecule has 2 aromatic carbocycles. The summed E-state index contributed by atoms with van der Waals surface area (Å²) in [6.45, 7) is 0. The number of aliphatic imine (C=N–C) groups is 1. The first-order chi connectivity index (χ1) is 7.84. The molecule has 16 heavy (non-hydrogen) atoms. The molecule has 0 saturated heterocycles. The van der Waals surface area contributed by atoms with Crippen LogP contribution in [-0.2, 0) is 0 Å². The van der Waals surface area contributed by atoms with E-state index in [9.17, 15) is 0 Å². The Labute approximate surface area is 103 Å². The topological polar surface area (TPSA) is 12.4 Å². The Morgan fingerprint density at radius 1 is 0.938 bits per heavy atom. The van der Waals surface area contributed by atoms with Gasteiger partial charge in [0.1, 0.15) is 0 Å². The molecule has 0 aliphatic carbocycles. The van der Waals surface area contributed by atoms with Crippen molar-refractivity contribution in [3.05, 3.63) is 64.6 Å². The van der Waals surface area contributed by atoms with Crippen LogP contribution in [0.4, 0.5) is 5.69 Å². The molecule has 2 aromatic rings. The quantitative estimate of drug-likeness (QED) is 0.715. The molecule has 0 fully saturated rings. The molecule has 2 heteroatoms. The molecule has 0 unspecified atom stereocenters. The van der Waals surface area contributed by atoms with Gasteiger partial charge in [-0.15, -0.1) is 0 Å². The van der Waals surface area contributed by atoms with E-state index < -0.39 is 0 Å². The highest BCUT2D eigenvalue weighted by Gasteiger charge is 1.86. The van der Waals surface area contributed by atoms with Crippen molar-refractivity contribution in [1.82, 2.24) is 0 Å². The molecule has 1 nitrogen and oxygen atoms in total. The van der Waals surface area contributed by atoms with E-state index in [0.717, 1.165) is 15.7 Å². The van der Waals surface area contributed by atoms with E-state index in [0.29, 0.717) is 0 Å². The summed E-state index contributed by atoms with van der Waals surface area (Å²) >= 11 is 3.38. The third kappa shape index (κ3) is 3.20. The SMILES string of the molecule is Brc1ccc(N=C=Cc2ccccc2)cc1. The Bertz CT molecular complexity index is 508. The molecule has 0 heterocycles. The van der Waals surface area contributed by atoms with Gasteiger partial charge in [0.25, 0.3) is 0 Å². The number of hydrogen-bond acceptors (Lipinski definition) is 1. The fraction of sp³-hybridized carbons (Fsp3) is 0. The predicted octanol–water partition coefficient (Wildman–Crippen LogP) is 4.46. The summed E-state index contributed by atoms with van der Waals surface area (Å²) in [5, 5.41) is 0. The first kappa shape index (κ1) is 10.9. The Morgan fingerprint density at radius 2 is 1.62 bits per heavy atom. The van der Waals surface area contributed by atoms with E-state index >= 15 is 0 Å². The zero-order chi connectivity index (χ0) is 11.2. The van der Waals surface area contributed by atoms with Crippen LogP contribution in [0.1, 0.15) is 5.56 Å². The summed E-state index contributed by atoms with van der Waals surface area (Å²) < 4.78 is 1.05. The van der Waals surface area contributed by atoms with Crippen molar-refractivity contribution in [3.63, 3.8) is 0 Å². The second-order valence-electron chi connectivity index (χ2n) is 3.27. The molecule has 0 spiro atoms. The second-order valence-corrected chi connectivity index (χ2v) is 4.19. The fourth-order valence-electron chi connectivity index (χ4n) is 1.25. The Balaban J connectivity index is 2.15. The molecule has 0 N–H and O–H groups in total. The second kappa shape index (κ2) is 5.45. The summed E-state index contributed by atoms with van der Waals surface area (Å²) in [6, 6.07) is 17.8. The van der Waals surface area contributed by atoms with Gasteiger partial charge in [0.05, 0.1) is 5.69 Å². The summed E-state index contributed by atoms with van der Waals surface area (Å²) in [6.07, 6.45) is 1.86. The summed E-state index contributed by atoms with van der Waals surface area (Å²) in [5.74, 6) is 2.92. The molecular formula is C14H10BrN. The van der Waals surface area contributed by atoms with Crippen LogP contribution in [0, 0.1) is 0 Å². The minimum atomic E-state index is 0.899. The van der Waals surface area contributed by atoms with Gasteiger partial charge in [-0.2, -0.15) is 0 Å². The Morgan fingerprint density at radius 3 is 2.31 bits per heavy atom. The van der Waals surface area contributed by atoms with Crippen LogP contribution in [-0.4, -0.2) is 5.87 Å². The lowest BCUT2D eigenvalue weighted by molar-refractivity contribution is 1.53. The van der Waals surface area contributed by atoms with Crippen LogP contribution in [0.3, 0.4) is 0 Å². The van der Waals surface area contributed by atoms with Crippen molar-refractivity contribution >= 4 is 33.6 Å². The summed E-state index contributed by atoms with van der Waals surface area (Å²) in [7, 11) is 0. The first-order valence-corrected chi connectivity index (χ1v) is 5.74. The molecule has 0 aliphatic rings. The zero-order valence-corrected chi connectivity index (χ0v) is 10.2. The number of benzene rings is 2. The highest BCUT2D eigenvalue weighted by Crippen LogP contribution is 2.15. The number of nitrogens with zero attached hydrogens (tertiary/aromatic N) is 1. The highest BCUT2D eigenvalue weighted by atomic mass is 79.9. The molecular weight excluding hydrogens is 262 g/mol. The highest BCUT2D eigenvalue weighted by molar-refractivity contribution is 9.10. The Kier molecular flexibility index (Phi) is 3.71. The maximum atomic E-state index is 4.22. The maximum absolute atomic E-state index is 4.22. The molecule has 0 aromatic heterocycles. The monoisotopic (exact) mass is 271 g/mol. The standard InChI is InChI=1S/C14H10BrN/c15-13-6-8-14(9-7-13)16-11-10-12-4-2-1-3-5-12/h1-10H. The molecule has 0 radical (unpaired) electrons. The number of rotatable bonds is 2. The van der Waals surface area contributed by atoms with Gasteiger partial charge in [0.2, 0.25) is 0 Å². The third-order valence-corrected chi connectivity index (χ3v) is 2.58. The maximum Gasteiger partial charge on any atom is 0.0730 e. The van der Waals surface area contributed by atoms with Crippen LogP contribution in [0.25, 0.3) is 6.08 Å². The molecule has 0 bridgehead atoms. The van der Waals surface area contributed by atoms with Gasteiger partial charge in [-0.3, -0.25) is 0 Å². The van der Waals surface area contributed by atoms with Gasteiger partial charge in [0.15, 0.2) is 0 Å². The lowest BCUT2D eigenvalue weighted by Crippen LogP contribution is -1.68. The van der Waals surface area contributed by atoms with E-state index in [2.05, 4.69) is 26.8 Å². The third-order valence-electron chi connectivity index (χ3n) is 2.05. The minimum Gasteiger partial charge on any atom is -0.206 e. The molecule has 2 rings (SSSR count). The van der Waals surface area contributed by atoms with Crippen LogP contribution in [0.2, 0.25) is 0 Å². The van der Waals surface area contributed by atoms with Crippen LogP contribution in [0.15, 0.2) is 64.1 Å². The summed E-state index contributed by atoms with van der Waals surface area (Å²) in [4.78, 5) is 4.22. The van der Waals surface area contributed by atoms with Crippen molar-refractivity contribution < 1.29 is 0 Å². The van der Waals surface area contributed by atoms with E-state index in [1.807, 2.05) is 60.7 Å². The smallest absolute Gasteiger partial charge is 0.0730 e. The lowest BCUT2D eigenvalue weighted by Gasteiger charge is -1.90. The van der Waals surface area contributed by atoms with Gasteiger partial charge in [0, 0.05) is 10.5 Å². The van der Waals surface area contributed by atoms with Crippen molar-refractivity contribution in [2.24, 2.45) is 4.99 Å². The molecule has 0 amide bonds. The van der Waals surface area contributed by atoms with E-state index in [1.54, 1.807) is 0 Å². The van der Waals surface area contributed by atoms with Crippen molar-refractivity contribution in [2.45, 2.75) is 0 Å². The van der Waals surface area contributed by atoms with Crippen molar-refractivity contribution in [1.29, 1.82) is 0 Å². The van der Waals surface area contributed by atoms with Crippen LogP contribution in [0.5, 0.6) is 0 Å². The average Bonchev–Trinajstić information content (AvgIpc) is 2.33. The molecule has 78 valence electrons. The fourth-order valence-corrected chi connectivity index (χ4v) is 1.51. The van der Waals surface area contributed by atoms with Crippen LogP contribution >= 0.6 is 15.9 Å². The first-order valence-electron chi connectivity index (χ1n) is 4.95. The van der Waals surface area contributed by atoms with Crippen LogP contribution < -0.4 is 0 Å². The van der Waals surface area contributed by atoms with Crippen molar-refractivity contribution in [2.75, 3.05) is 0 Å². The van der Waals surface area contributed by atoms with Gasteiger partial charge in [-0.1, -0.05) is 46.3 Å². The number of halogens is 1. The molecule has 0 saturated carbocycles. The average molecular weight is 272 g/mol. The zero-order valence-electron chi connectivity index (χ0n) is 8.60. The van der Waals surface area contributed by atoms with E-state index in [4.69, 9.17) is 0 Å². The molecule has 0 atom stereocenters. The van der Waals surface area contributed by atoms with Gasteiger partial charge >= 0.3 is 0 Å². The lowest BCUT2D eigenvalue weighted by atomic mass is 10.2. The van der Waals surface area contributed by atoms with Gasteiger partial charge in [-0.05, 0) is 35.7 Å². The van der Waals surface area contributed by atoms with E-state index in [1.165, 1.54) is 0 Å². The largest absolute Gasteiger partial charge is 0.206 e. The number of hydrogen-bond donors (Lipinski definition) is 0. The Hall–Kier alpha value is -1.63. The predicted molar refractivity (Wildman–Crippen MR) is 72.1 cm³/mol. The molecule has 0 aliphatic heterocycles. The normalized spacial score (nSPS) is 9.31. The van der Waals surface area contributed by atoms with Gasteiger partial charge < -0.3 is 0 Å². The van der Waals surface area contributed by atoms with E-state index in [-0.39, 0.29) is 0 Å². The van der Waals surface area contributed by atoms with Gasteiger partial charge in [-0.25, -0.2) is 4.99 Å². The minimum absolute atomic E-state index is 0.899. The summed E-state index contributed by atoms with van der Waals surface area (Å²) in [5.41, 5.74) is 2.00. The van der Waals surface area contributed by atoms with Crippen molar-refractivity contribution in [3.8, 4) is 0 Å².